The van der Waals surface area contributed by atoms with Crippen LogP contribution in [-0.4, -0.2) is 34.3 Å². The van der Waals surface area contributed by atoms with Gasteiger partial charge in [0.1, 0.15) is 18.1 Å². The number of aryl methyl sites for hydroxylation is 1. The van der Waals surface area contributed by atoms with Gasteiger partial charge >= 0.3 is 0 Å². The summed E-state index contributed by atoms with van der Waals surface area (Å²) in [7, 11) is 1.54. The average molecular weight is 428 g/mol. The second kappa shape index (κ2) is 9.56. The Morgan fingerprint density at radius 3 is 2.70 bits per heavy atom. The van der Waals surface area contributed by atoms with E-state index in [0.717, 1.165) is 0 Å². The normalized spacial score (nSPS) is 10.7. The van der Waals surface area contributed by atoms with Crippen molar-refractivity contribution in [2.24, 2.45) is 0 Å². The Hall–Kier alpha value is -3.16. The van der Waals surface area contributed by atoms with Crippen LogP contribution in [0, 0.1) is 6.92 Å². The Morgan fingerprint density at radius 2 is 2.00 bits per heavy atom. The molecule has 0 radical (unpaired) electrons. The lowest BCUT2D eigenvalue weighted by atomic mass is 10.1. The van der Waals surface area contributed by atoms with Crippen molar-refractivity contribution >= 4 is 23.2 Å². The summed E-state index contributed by atoms with van der Waals surface area (Å²) in [6, 6.07) is 13.9. The van der Waals surface area contributed by atoms with Crippen molar-refractivity contribution in [1.82, 2.24) is 9.55 Å². The standard InChI is InChI=1S/C22H22ClN3O4/c1-14-19(9-10-27)22(29)26(21(24-14)15-5-3-6-16(23)11-15)13-20(28)25-17-7-4-8-18(12-17)30-2/h3-8,11-12,27H,9-10,13H2,1-2H3,(H,25,28). The summed E-state index contributed by atoms with van der Waals surface area (Å²) in [6.45, 7) is 1.27. The summed E-state index contributed by atoms with van der Waals surface area (Å²) in [6.07, 6.45) is 0.158. The molecule has 8 heteroatoms. The van der Waals surface area contributed by atoms with Crippen LogP contribution in [0.4, 0.5) is 5.69 Å². The zero-order chi connectivity index (χ0) is 21.7. The molecule has 1 amide bonds. The average Bonchev–Trinajstić information content (AvgIpc) is 2.73. The lowest BCUT2D eigenvalue weighted by Gasteiger charge is -2.16. The fraction of sp³-hybridized carbons (Fsp3) is 0.227. The summed E-state index contributed by atoms with van der Waals surface area (Å²) >= 11 is 6.11. The number of aliphatic hydroxyl groups is 1. The zero-order valence-corrected chi connectivity index (χ0v) is 17.4. The predicted octanol–water partition coefficient (Wildman–Crippen LogP) is 3.05. The molecule has 2 N–H and O–H groups in total. The van der Waals surface area contributed by atoms with Crippen LogP contribution in [0.1, 0.15) is 11.3 Å². The fourth-order valence-corrected chi connectivity index (χ4v) is 3.33. The molecule has 0 aliphatic heterocycles. The van der Waals surface area contributed by atoms with Gasteiger partial charge < -0.3 is 15.2 Å². The van der Waals surface area contributed by atoms with E-state index in [1.54, 1.807) is 62.6 Å². The van der Waals surface area contributed by atoms with Gasteiger partial charge in [0.25, 0.3) is 5.56 Å². The van der Waals surface area contributed by atoms with E-state index >= 15 is 0 Å². The predicted molar refractivity (Wildman–Crippen MR) is 116 cm³/mol. The molecule has 0 spiro atoms. The van der Waals surface area contributed by atoms with Gasteiger partial charge in [-0.3, -0.25) is 14.2 Å². The van der Waals surface area contributed by atoms with Crippen molar-refractivity contribution in [2.45, 2.75) is 19.9 Å². The maximum atomic E-state index is 13.1. The highest BCUT2D eigenvalue weighted by Crippen LogP contribution is 2.22. The largest absolute Gasteiger partial charge is 0.497 e. The number of rotatable bonds is 7. The van der Waals surface area contributed by atoms with Crippen molar-refractivity contribution in [2.75, 3.05) is 19.0 Å². The van der Waals surface area contributed by atoms with Crippen LogP contribution in [0.2, 0.25) is 5.02 Å². The second-order valence-electron chi connectivity index (χ2n) is 6.65. The first kappa shape index (κ1) is 21.5. The van der Waals surface area contributed by atoms with Crippen molar-refractivity contribution in [3.8, 4) is 17.1 Å². The number of hydrogen-bond donors (Lipinski definition) is 2. The van der Waals surface area contributed by atoms with Gasteiger partial charge in [-0.15, -0.1) is 0 Å². The van der Waals surface area contributed by atoms with Crippen LogP contribution in [0.3, 0.4) is 0 Å². The maximum absolute atomic E-state index is 13.1. The summed E-state index contributed by atoms with van der Waals surface area (Å²) in [5, 5.41) is 12.6. The minimum absolute atomic E-state index is 0.158. The molecule has 3 aromatic rings. The number of amides is 1. The first-order valence-corrected chi connectivity index (χ1v) is 9.71. The Morgan fingerprint density at radius 1 is 1.23 bits per heavy atom. The van der Waals surface area contributed by atoms with Crippen LogP contribution >= 0.6 is 11.6 Å². The van der Waals surface area contributed by atoms with Gasteiger partial charge in [-0.25, -0.2) is 4.98 Å². The highest BCUT2D eigenvalue weighted by Gasteiger charge is 2.18. The number of nitrogens with one attached hydrogen (secondary N) is 1. The topological polar surface area (TPSA) is 93.4 Å². The summed E-state index contributed by atoms with van der Waals surface area (Å²) < 4.78 is 6.47. The number of methoxy groups -OCH3 is 1. The minimum Gasteiger partial charge on any atom is -0.497 e. The zero-order valence-electron chi connectivity index (χ0n) is 16.7. The number of aliphatic hydroxyl groups excluding tert-OH is 1. The van der Waals surface area contributed by atoms with E-state index in [9.17, 15) is 14.7 Å². The van der Waals surface area contributed by atoms with Crippen LogP contribution in [-0.2, 0) is 17.8 Å². The Balaban J connectivity index is 2.01. The Labute approximate surface area is 178 Å². The van der Waals surface area contributed by atoms with Crippen LogP contribution < -0.4 is 15.6 Å². The number of anilines is 1. The summed E-state index contributed by atoms with van der Waals surface area (Å²) in [5.41, 5.74) is 1.68. The van der Waals surface area contributed by atoms with Gasteiger partial charge in [-0.05, 0) is 31.2 Å². The van der Waals surface area contributed by atoms with Crippen molar-refractivity contribution in [1.29, 1.82) is 0 Å². The van der Waals surface area contributed by atoms with Crippen molar-refractivity contribution in [3.63, 3.8) is 0 Å². The monoisotopic (exact) mass is 427 g/mol. The molecule has 0 saturated carbocycles. The highest BCUT2D eigenvalue weighted by molar-refractivity contribution is 6.30. The minimum atomic E-state index is -0.394. The molecule has 2 aromatic carbocycles. The number of aromatic nitrogens is 2. The highest BCUT2D eigenvalue weighted by atomic mass is 35.5. The third-order valence-electron chi connectivity index (χ3n) is 4.57. The molecule has 156 valence electrons. The molecule has 0 bridgehead atoms. The van der Waals surface area contributed by atoms with Gasteiger partial charge in [0.15, 0.2) is 0 Å². The Bertz CT molecular complexity index is 1130. The van der Waals surface area contributed by atoms with E-state index in [-0.39, 0.29) is 25.1 Å². The first-order chi connectivity index (χ1) is 14.4. The third-order valence-corrected chi connectivity index (χ3v) is 4.80. The number of carbonyl (C=O) groups is 1. The van der Waals surface area contributed by atoms with Crippen molar-refractivity contribution < 1.29 is 14.6 Å². The molecular weight excluding hydrogens is 406 g/mol. The van der Waals surface area contributed by atoms with Crippen LogP contribution in [0.5, 0.6) is 5.75 Å². The molecule has 0 unspecified atom stereocenters. The van der Waals surface area contributed by atoms with E-state index in [2.05, 4.69) is 10.3 Å². The van der Waals surface area contributed by atoms with Crippen LogP contribution in [0.25, 0.3) is 11.4 Å². The number of halogens is 1. The molecule has 0 saturated heterocycles. The van der Waals surface area contributed by atoms with E-state index in [4.69, 9.17) is 16.3 Å². The molecule has 30 heavy (non-hydrogen) atoms. The molecule has 3 rings (SSSR count). The van der Waals surface area contributed by atoms with Crippen LogP contribution in [0.15, 0.2) is 53.3 Å². The first-order valence-electron chi connectivity index (χ1n) is 9.34. The summed E-state index contributed by atoms with van der Waals surface area (Å²) in [4.78, 5) is 30.4. The second-order valence-corrected chi connectivity index (χ2v) is 7.09. The fourth-order valence-electron chi connectivity index (χ4n) is 3.14. The smallest absolute Gasteiger partial charge is 0.257 e. The SMILES string of the molecule is COc1cccc(NC(=O)Cn2c(-c3cccc(Cl)c3)nc(C)c(CCO)c2=O)c1. The number of ether oxygens (including phenoxy) is 1. The number of nitrogens with zero attached hydrogens (tertiary/aromatic N) is 2. The third kappa shape index (κ3) is 4.87. The number of benzene rings is 2. The lowest BCUT2D eigenvalue weighted by Crippen LogP contribution is -2.33. The molecule has 0 aliphatic rings. The van der Waals surface area contributed by atoms with E-state index in [1.165, 1.54) is 4.57 Å². The number of hydrogen-bond acceptors (Lipinski definition) is 5. The van der Waals surface area contributed by atoms with Gasteiger partial charge in [0.2, 0.25) is 5.91 Å². The molecule has 0 atom stereocenters. The van der Waals surface area contributed by atoms with Gasteiger partial charge in [-0.2, -0.15) is 0 Å². The van der Waals surface area contributed by atoms with E-state index in [0.29, 0.717) is 39.1 Å². The van der Waals surface area contributed by atoms with Gasteiger partial charge in [0.05, 0.1) is 7.11 Å². The quantitative estimate of drug-likeness (QED) is 0.604. The Kier molecular flexibility index (Phi) is 6.87. The molecule has 1 aromatic heterocycles. The molecule has 7 nitrogen and oxygen atoms in total. The van der Waals surface area contributed by atoms with Gasteiger partial charge in [-0.1, -0.05) is 29.8 Å². The maximum Gasteiger partial charge on any atom is 0.257 e. The molecular formula is C22H22ClN3O4. The number of carbonyl (C=O) groups excluding carboxylic acids is 1. The van der Waals surface area contributed by atoms with Gasteiger partial charge in [0, 0.05) is 46.6 Å². The summed E-state index contributed by atoms with van der Waals surface area (Å²) in [5.74, 6) is 0.545. The molecule has 0 fully saturated rings. The molecule has 1 heterocycles. The van der Waals surface area contributed by atoms with E-state index < -0.39 is 5.91 Å². The lowest BCUT2D eigenvalue weighted by molar-refractivity contribution is -0.116. The van der Waals surface area contributed by atoms with E-state index in [1.807, 2.05) is 0 Å². The van der Waals surface area contributed by atoms with Crippen molar-refractivity contribution in [3.05, 3.63) is 75.2 Å². The molecule has 0 aliphatic carbocycles.